The molecular weight excluding hydrogens is 472 g/mol. The number of carbonyl (C=O) groups excluding carboxylic acids is 1. The van der Waals surface area contributed by atoms with Gasteiger partial charge in [0.05, 0.1) is 27.9 Å². The van der Waals surface area contributed by atoms with Gasteiger partial charge in [-0.05, 0) is 37.0 Å². The van der Waals surface area contributed by atoms with Crippen LogP contribution in [0.4, 0.5) is 5.95 Å². The number of hydrogen-bond donors (Lipinski definition) is 1. The SMILES string of the molecule is CCOc1ccccc1C1C2=C(CC(C)(C)CC2=O)Nc2nc(-c3cc(OC)c(OC)c(OC)c3)nn21. The molecule has 194 valence electrons. The molecule has 0 spiro atoms. The van der Waals surface area contributed by atoms with Crippen LogP contribution in [0.2, 0.25) is 0 Å². The number of para-hydroxylation sites is 1. The maximum atomic E-state index is 13.6. The van der Waals surface area contributed by atoms with Gasteiger partial charge in [0.2, 0.25) is 11.7 Å². The molecule has 1 atom stereocenters. The van der Waals surface area contributed by atoms with Crippen molar-refractivity contribution in [3.05, 3.63) is 53.2 Å². The highest BCUT2D eigenvalue weighted by atomic mass is 16.5. The Hall–Kier alpha value is -4.01. The maximum Gasteiger partial charge on any atom is 0.226 e. The lowest BCUT2D eigenvalue weighted by atomic mass is 9.73. The summed E-state index contributed by atoms with van der Waals surface area (Å²) in [6.45, 7) is 6.68. The average Bonchev–Trinajstić information content (AvgIpc) is 3.30. The zero-order valence-electron chi connectivity index (χ0n) is 22.0. The first-order chi connectivity index (χ1) is 17.8. The van der Waals surface area contributed by atoms with Crippen LogP contribution in [0.15, 0.2) is 47.7 Å². The lowest BCUT2D eigenvalue weighted by Gasteiger charge is -2.38. The fourth-order valence-electron chi connectivity index (χ4n) is 5.22. The number of carbonyl (C=O) groups is 1. The molecule has 1 aromatic heterocycles. The summed E-state index contributed by atoms with van der Waals surface area (Å²) in [5.74, 6) is 3.35. The molecule has 0 saturated carbocycles. The van der Waals surface area contributed by atoms with Crippen LogP contribution in [0.3, 0.4) is 0 Å². The number of fused-ring (bicyclic) bond motifs is 1. The number of benzene rings is 2. The van der Waals surface area contributed by atoms with E-state index in [0.29, 0.717) is 53.2 Å². The van der Waals surface area contributed by atoms with Gasteiger partial charge in [0, 0.05) is 28.8 Å². The van der Waals surface area contributed by atoms with E-state index < -0.39 is 6.04 Å². The van der Waals surface area contributed by atoms with E-state index >= 15 is 0 Å². The summed E-state index contributed by atoms with van der Waals surface area (Å²) in [4.78, 5) is 18.4. The van der Waals surface area contributed by atoms with Crippen molar-refractivity contribution in [1.29, 1.82) is 0 Å². The minimum Gasteiger partial charge on any atom is -0.494 e. The highest BCUT2D eigenvalue weighted by Gasteiger charge is 2.42. The molecule has 2 aliphatic rings. The predicted molar refractivity (Wildman–Crippen MR) is 140 cm³/mol. The summed E-state index contributed by atoms with van der Waals surface area (Å²) in [6, 6.07) is 11.0. The molecule has 2 aromatic carbocycles. The van der Waals surface area contributed by atoms with Crippen LogP contribution < -0.4 is 24.3 Å². The fraction of sp³-hybridized carbons (Fsp3) is 0.393. The number of nitrogens with one attached hydrogen (secondary N) is 1. The fourth-order valence-corrected chi connectivity index (χ4v) is 5.22. The Labute approximate surface area is 216 Å². The van der Waals surface area contributed by atoms with E-state index in [1.165, 1.54) is 0 Å². The minimum absolute atomic E-state index is 0.102. The van der Waals surface area contributed by atoms with Crippen molar-refractivity contribution in [2.75, 3.05) is 33.3 Å². The molecule has 0 fully saturated rings. The van der Waals surface area contributed by atoms with Crippen molar-refractivity contribution >= 4 is 11.7 Å². The lowest BCUT2D eigenvalue weighted by Crippen LogP contribution is -2.36. The van der Waals surface area contributed by atoms with Gasteiger partial charge in [0.15, 0.2) is 23.1 Å². The Morgan fingerprint density at radius 2 is 1.73 bits per heavy atom. The van der Waals surface area contributed by atoms with Crippen LogP contribution >= 0.6 is 0 Å². The Balaban J connectivity index is 1.70. The van der Waals surface area contributed by atoms with E-state index in [0.717, 1.165) is 23.4 Å². The number of nitrogens with zero attached hydrogens (tertiary/aromatic N) is 3. The number of ether oxygens (including phenoxy) is 4. The molecule has 3 aromatic rings. The second-order valence-corrected chi connectivity index (χ2v) is 9.95. The predicted octanol–water partition coefficient (Wildman–Crippen LogP) is 5.03. The summed E-state index contributed by atoms with van der Waals surface area (Å²) in [5, 5.41) is 8.32. The standard InChI is InChI=1S/C28H32N4O5/c1-7-37-20-11-9-8-10-17(20)24-23-18(14-28(2,3)15-19(23)33)29-27-30-26(31-32(24)27)16-12-21(34-4)25(36-6)22(13-16)35-5/h8-13,24H,7,14-15H2,1-6H3,(H,29,30,31). The summed E-state index contributed by atoms with van der Waals surface area (Å²) in [5.41, 5.74) is 3.00. The molecule has 1 N–H and O–H groups in total. The largest absolute Gasteiger partial charge is 0.494 e. The zero-order chi connectivity index (χ0) is 26.3. The molecular formula is C28H32N4O5. The number of aromatic nitrogens is 3. The van der Waals surface area contributed by atoms with Crippen LogP contribution in [0, 0.1) is 5.41 Å². The lowest BCUT2D eigenvalue weighted by molar-refractivity contribution is -0.118. The van der Waals surface area contributed by atoms with E-state index in [-0.39, 0.29) is 11.2 Å². The Kier molecular flexibility index (Phi) is 6.31. The summed E-state index contributed by atoms with van der Waals surface area (Å²) in [6.07, 6.45) is 1.19. The topological polar surface area (TPSA) is 96.7 Å². The van der Waals surface area contributed by atoms with Crippen molar-refractivity contribution < 1.29 is 23.7 Å². The first kappa shape index (κ1) is 24.7. The van der Waals surface area contributed by atoms with Gasteiger partial charge in [-0.1, -0.05) is 32.0 Å². The monoisotopic (exact) mass is 504 g/mol. The molecule has 37 heavy (non-hydrogen) atoms. The molecule has 0 radical (unpaired) electrons. The van der Waals surface area contributed by atoms with Gasteiger partial charge in [-0.3, -0.25) is 4.79 Å². The van der Waals surface area contributed by atoms with Crippen LogP contribution in [-0.2, 0) is 4.79 Å². The highest BCUT2D eigenvalue weighted by Crippen LogP contribution is 2.48. The second-order valence-electron chi connectivity index (χ2n) is 9.95. The molecule has 5 rings (SSSR count). The number of rotatable bonds is 7. The van der Waals surface area contributed by atoms with E-state index in [4.69, 9.17) is 29.0 Å². The zero-order valence-corrected chi connectivity index (χ0v) is 22.0. The van der Waals surface area contributed by atoms with E-state index in [2.05, 4.69) is 19.2 Å². The molecule has 1 unspecified atom stereocenters. The molecule has 9 nitrogen and oxygen atoms in total. The number of Topliss-reactive ketones (excluding diaryl/α,β-unsaturated/α-hetero) is 1. The maximum absolute atomic E-state index is 13.6. The number of anilines is 1. The number of ketones is 1. The average molecular weight is 505 g/mol. The third-order valence-electron chi connectivity index (χ3n) is 6.77. The summed E-state index contributed by atoms with van der Waals surface area (Å²) in [7, 11) is 4.70. The normalized spacial score (nSPS) is 18.0. The number of allylic oxidation sites excluding steroid dienone is 2. The van der Waals surface area contributed by atoms with E-state index in [9.17, 15) is 4.79 Å². The van der Waals surface area contributed by atoms with Gasteiger partial charge in [0.25, 0.3) is 0 Å². The quantitative estimate of drug-likeness (QED) is 0.479. The van der Waals surface area contributed by atoms with Gasteiger partial charge < -0.3 is 24.3 Å². The van der Waals surface area contributed by atoms with Crippen molar-refractivity contribution in [3.63, 3.8) is 0 Å². The van der Waals surface area contributed by atoms with Gasteiger partial charge >= 0.3 is 0 Å². The number of methoxy groups -OCH3 is 3. The Morgan fingerprint density at radius 3 is 2.38 bits per heavy atom. The molecule has 1 aliphatic carbocycles. The van der Waals surface area contributed by atoms with Crippen LogP contribution in [-0.4, -0.2) is 48.5 Å². The summed E-state index contributed by atoms with van der Waals surface area (Å²) >= 11 is 0. The van der Waals surface area contributed by atoms with Crippen molar-refractivity contribution in [2.24, 2.45) is 5.41 Å². The smallest absolute Gasteiger partial charge is 0.226 e. The van der Waals surface area contributed by atoms with Crippen LogP contribution in [0.25, 0.3) is 11.4 Å². The molecule has 0 amide bonds. The molecule has 2 heterocycles. The van der Waals surface area contributed by atoms with E-state index in [1.54, 1.807) is 26.0 Å². The third kappa shape index (κ3) is 4.28. The van der Waals surface area contributed by atoms with E-state index in [1.807, 2.05) is 43.3 Å². The van der Waals surface area contributed by atoms with Gasteiger partial charge in [-0.15, -0.1) is 5.10 Å². The van der Waals surface area contributed by atoms with Crippen LogP contribution in [0.5, 0.6) is 23.0 Å². The Morgan fingerprint density at radius 1 is 1.03 bits per heavy atom. The van der Waals surface area contributed by atoms with Gasteiger partial charge in [-0.2, -0.15) is 4.98 Å². The van der Waals surface area contributed by atoms with Crippen molar-refractivity contribution in [3.8, 4) is 34.4 Å². The van der Waals surface area contributed by atoms with Crippen LogP contribution in [0.1, 0.15) is 45.2 Å². The second kappa shape index (κ2) is 9.46. The van der Waals surface area contributed by atoms with Gasteiger partial charge in [0.1, 0.15) is 11.8 Å². The Bertz CT molecular complexity index is 1370. The van der Waals surface area contributed by atoms with Gasteiger partial charge in [-0.25, -0.2) is 4.68 Å². The van der Waals surface area contributed by atoms with Crippen molar-refractivity contribution in [2.45, 2.75) is 39.7 Å². The van der Waals surface area contributed by atoms with Crippen molar-refractivity contribution in [1.82, 2.24) is 14.8 Å². The summed E-state index contributed by atoms with van der Waals surface area (Å²) < 4.78 is 24.3. The first-order valence-corrected chi connectivity index (χ1v) is 12.3. The third-order valence-corrected chi connectivity index (χ3v) is 6.77. The first-order valence-electron chi connectivity index (χ1n) is 12.3. The molecule has 9 heteroatoms. The molecule has 0 bridgehead atoms. The number of hydrogen-bond acceptors (Lipinski definition) is 8. The highest BCUT2D eigenvalue weighted by molar-refractivity contribution is 6.00. The molecule has 1 aliphatic heterocycles. The molecule has 0 saturated heterocycles. The minimum atomic E-state index is -0.471.